The molecule has 1 heterocycles. The number of aromatic nitrogens is 1. The number of carbonyl (C=O) groups is 2. The molecule has 0 spiro atoms. The van der Waals surface area contributed by atoms with Gasteiger partial charge in [-0.05, 0) is 26.7 Å². The van der Waals surface area contributed by atoms with E-state index < -0.39 is 5.54 Å². The zero-order chi connectivity index (χ0) is 16.9. The highest BCUT2D eigenvalue weighted by molar-refractivity contribution is 7.09. The maximum Gasteiger partial charge on any atom is 0.271 e. The van der Waals surface area contributed by atoms with Crippen LogP contribution in [0.3, 0.4) is 0 Å². The van der Waals surface area contributed by atoms with Crippen LogP contribution in [0.5, 0.6) is 0 Å². The Labute approximate surface area is 153 Å². The number of rotatable bonds is 6. The van der Waals surface area contributed by atoms with Gasteiger partial charge < -0.3 is 16.0 Å². The molecule has 0 aliphatic heterocycles. The SMILES string of the molecule is CCN(CC)C(=O)C1(NC(=O)c2csc(CN)n2)CCCCC1.Cl. The zero-order valence-electron chi connectivity index (χ0n) is 14.3. The van der Waals surface area contributed by atoms with Crippen molar-refractivity contribution in [1.29, 1.82) is 0 Å². The molecule has 2 rings (SSSR count). The van der Waals surface area contributed by atoms with Gasteiger partial charge in [0.2, 0.25) is 5.91 Å². The van der Waals surface area contributed by atoms with E-state index in [1.165, 1.54) is 11.3 Å². The molecule has 0 aromatic carbocycles. The number of likely N-dealkylation sites (N-methyl/N-ethyl adjacent to an activating group) is 1. The van der Waals surface area contributed by atoms with Crippen LogP contribution in [-0.4, -0.2) is 40.3 Å². The van der Waals surface area contributed by atoms with Gasteiger partial charge in [0.25, 0.3) is 5.91 Å². The summed E-state index contributed by atoms with van der Waals surface area (Å²) in [4.78, 5) is 31.6. The van der Waals surface area contributed by atoms with Gasteiger partial charge in [-0.15, -0.1) is 23.7 Å². The summed E-state index contributed by atoms with van der Waals surface area (Å²) in [6.07, 6.45) is 4.41. The zero-order valence-corrected chi connectivity index (χ0v) is 16.0. The summed E-state index contributed by atoms with van der Waals surface area (Å²) < 4.78 is 0. The molecule has 0 bridgehead atoms. The van der Waals surface area contributed by atoms with Crippen molar-refractivity contribution in [1.82, 2.24) is 15.2 Å². The first-order chi connectivity index (χ1) is 11.1. The van der Waals surface area contributed by atoms with E-state index in [1.807, 2.05) is 13.8 Å². The number of nitrogens with two attached hydrogens (primary N) is 1. The van der Waals surface area contributed by atoms with Gasteiger partial charge in [-0.1, -0.05) is 19.3 Å². The van der Waals surface area contributed by atoms with Crippen LogP contribution in [0.1, 0.15) is 61.4 Å². The number of nitrogens with one attached hydrogen (secondary N) is 1. The van der Waals surface area contributed by atoms with E-state index in [1.54, 1.807) is 10.3 Å². The average molecular weight is 375 g/mol. The number of carbonyl (C=O) groups excluding carboxylic acids is 2. The second-order valence-electron chi connectivity index (χ2n) is 5.90. The van der Waals surface area contributed by atoms with Gasteiger partial charge in [0.05, 0.1) is 0 Å². The lowest BCUT2D eigenvalue weighted by atomic mass is 9.80. The van der Waals surface area contributed by atoms with Crippen LogP contribution in [-0.2, 0) is 11.3 Å². The summed E-state index contributed by atoms with van der Waals surface area (Å²) in [6, 6.07) is 0. The van der Waals surface area contributed by atoms with E-state index in [0.29, 0.717) is 38.2 Å². The summed E-state index contributed by atoms with van der Waals surface area (Å²) >= 11 is 1.37. The number of amides is 2. The van der Waals surface area contributed by atoms with Crippen LogP contribution in [0.25, 0.3) is 0 Å². The first kappa shape index (κ1) is 20.9. The Hall–Kier alpha value is -1.18. The molecule has 0 radical (unpaired) electrons. The quantitative estimate of drug-likeness (QED) is 0.799. The number of nitrogens with zero attached hydrogens (tertiary/aromatic N) is 2. The summed E-state index contributed by atoms with van der Waals surface area (Å²) in [5.74, 6) is -0.242. The van der Waals surface area contributed by atoms with Crippen molar-refractivity contribution >= 4 is 35.6 Å². The summed E-state index contributed by atoms with van der Waals surface area (Å²) in [7, 11) is 0. The number of thiazole rings is 1. The molecule has 1 saturated carbocycles. The van der Waals surface area contributed by atoms with Crippen LogP contribution in [0, 0.1) is 0 Å². The van der Waals surface area contributed by atoms with Crippen molar-refractivity contribution in [3.8, 4) is 0 Å². The average Bonchev–Trinajstić information content (AvgIpc) is 3.06. The highest BCUT2D eigenvalue weighted by Gasteiger charge is 2.43. The van der Waals surface area contributed by atoms with Crippen molar-refractivity contribution in [3.05, 3.63) is 16.1 Å². The minimum absolute atomic E-state index is 0. The minimum Gasteiger partial charge on any atom is -0.341 e. The predicted octanol–water partition coefficient (Wildman–Crippen LogP) is 2.32. The molecular formula is C16H27ClN4O2S. The molecule has 1 fully saturated rings. The molecule has 1 aliphatic rings. The first-order valence-corrected chi connectivity index (χ1v) is 9.20. The Kier molecular flexibility index (Phi) is 8.12. The number of halogens is 1. The fourth-order valence-corrected chi connectivity index (χ4v) is 3.81. The summed E-state index contributed by atoms with van der Waals surface area (Å²) in [6.45, 7) is 5.56. The molecule has 1 aromatic rings. The predicted molar refractivity (Wildman–Crippen MR) is 98.5 cm³/mol. The molecule has 24 heavy (non-hydrogen) atoms. The van der Waals surface area contributed by atoms with Gasteiger partial charge in [-0.25, -0.2) is 4.98 Å². The van der Waals surface area contributed by atoms with Crippen molar-refractivity contribution in [3.63, 3.8) is 0 Å². The van der Waals surface area contributed by atoms with Gasteiger partial charge in [-0.2, -0.15) is 0 Å². The number of hydrogen-bond acceptors (Lipinski definition) is 5. The Balaban J connectivity index is 0.00000288. The molecule has 0 atom stereocenters. The highest BCUT2D eigenvalue weighted by atomic mass is 35.5. The topological polar surface area (TPSA) is 88.3 Å². The fourth-order valence-electron chi connectivity index (χ4n) is 3.15. The minimum atomic E-state index is -0.784. The Bertz CT molecular complexity index is 554. The maximum atomic E-state index is 13.0. The summed E-state index contributed by atoms with van der Waals surface area (Å²) in [5, 5.41) is 5.44. The third-order valence-corrected chi connectivity index (χ3v) is 5.35. The normalized spacial score (nSPS) is 16.1. The molecule has 3 N–H and O–H groups in total. The largest absolute Gasteiger partial charge is 0.341 e. The maximum absolute atomic E-state index is 13.0. The Morgan fingerprint density at radius 1 is 1.29 bits per heavy atom. The molecule has 0 unspecified atom stereocenters. The van der Waals surface area contributed by atoms with Crippen molar-refractivity contribution in [2.75, 3.05) is 13.1 Å². The van der Waals surface area contributed by atoms with Gasteiger partial charge >= 0.3 is 0 Å². The van der Waals surface area contributed by atoms with E-state index >= 15 is 0 Å². The lowest BCUT2D eigenvalue weighted by Crippen LogP contribution is -2.60. The smallest absolute Gasteiger partial charge is 0.271 e. The molecule has 136 valence electrons. The third-order valence-electron chi connectivity index (χ3n) is 4.48. The fraction of sp³-hybridized carbons (Fsp3) is 0.688. The molecule has 1 aliphatic carbocycles. The molecule has 1 aromatic heterocycles. The highest BCUT2D eigenvalue weighted by Crippen LogP contribution is 2.30. The molecule has 8 heteroatoms. The Morgan fingerprint density at radius 2 is 1.92 bits per heavy atom. The lowest BCUT2D eigenvalue weighted by molar-refractivity contribution is -0.139. The molecular weight excluding hydrogens is 348 g/mol. The number of hydrogen-bond donors (Lipinski definition) is 2. The molecule has 2 amide bonds. The van der Waals surface area contributed by atoms with Crippen molar-refractivity contribution < 1.29 is 9.59 Å². The van der Waals surface area contributed by atoms with E-state index in [2.05, 4.69) is 10.3 Å². The molecule has 0 saturated heterocycles. The standard InChI is InChI=1S/C16H26N4O2S.ClH/c1-3-20(4-2)15(22)16(8-6-5-7-9-16)19-14(21)12-11-23-13(10-17)18-12;/h11H,3-10,17H2,1-2H3,(H,19,21);1H. The van der Waals surface area contributed by atoms with Gasteiger partial charge in [-0.3, -0.25) is 9.59 Å². The second kappa shape index (κ2) is 9.34. The summed E-state index contributed by atoms with van der Waals surface area (Å²) in [5.41, 5.74) is 5.12. The lowest BCUT2D eigenvalue weighted by Gasteiger charge is -2.39. The van der Waals surface area contributed by atoms with Crippen LogP contribution in [0.15, 0.2) is 5.38 Å². The van der Waals surface area contributed by atoms with Crippen LogP contribution >= 0.6 is 23.7 Å². The van der Waals surface area contributed by atoms with E-state index in [0.717, 1.165) is 24.3 Å². The van der Waals surface area contributed by atoms with Crippen LogP contribution in [0.4, 0.5) is 0 Å². The van der Waals surface area contributed by atoms with Crippen LogP contribution in [0.2, 0.25) is 0 Å². The van der Waals surface area contributed by atoms with Gasteiger partial charge in [0.1, 0.15) is 16.2 Å². The van der Waals surface area contributed by atoms with E-state index in [-0.39, 0.29) is 24.2 Å². The van der Waals surface area contributed by atoms with Gasteiger partial charge in [0, 0.05) is 25.0 Å². The van der Waals surface area contributed by atoms with Crippen LogP contribution < -0.4 is 11.1 Å². The van der Waals surface area contributed by atoms with Crippen molar-refractivity contribution in [2.24, 2.45) is 5.73 Å². The first-order valence-electron chi connectivity index (χ1n) is 8.32. The van der Waals surface area contributed by atoms with Gasteiger partial charge in [0.15, 0.2) is 0 Å². The van der Waals surface area contributed by atoms with Crippen molar-refractivity contribution in [2.45, 2.75) is 58.0 Å². The Morgan fingerprint density at radius 3 is 2.42 bits per heavy atom. The third kappa shape index (κ3) is 4.46. The van der Waals surface area contributed by atoms with E-state index in [4.69, 9.17) is 5.73 Å². The second-order valence-corrected chi connectivity index (χ2v) is 6.85. The molecule has 6 nitrogen and oxygen atoms in total. The monoisotopic (exact) mass is 374 g/mol. The van der Waals surface area contributed by atoms with E-state index in [9.17, 15) is 9.59 Å².